The van der Waals surface area contributed by atoms with E-state index in [0.717, 1.165) is 23.3 Å². The lowest BCUT2D eigenvalue weighted by atomic mass is 9.93. The molecule has 1 aliphatic carbocycles. The topological polar surface area (TPSA) is 15.3 Å². The van der Waals surface area contributed by atoms with Crippen molar-refractivity contribution in [1.82, 2.24) is 10.2 Å². The predicted octanol–water partition coefficient (Wildman–Crippen LogP) is 2.98. The van der Waals surface area contributed by atoms with Gasteiger partial charge in [-0.2, -0.15) is 11.8 Å². The Labute approximate surface area is 117 Å². The molecule has 1 heterocycles. The molecular weight excluding hydrogens is 240 g/mol. The summed E-state index contributed by atoms with van der Waals surface area (Å²) in [6, 6.07) is 1.57. The minimum absolute atomic E-state index is 0.767. The number of likely N-dealkylation sites (tertiary alicyclic amines) is 1. The lowest BCUT2D eigenvalue weighted by Crippen LogP contribution is -2.50. The van der Waals surface area contributed by atoms with Crippen LogP contribution in [-0.2, 0) is 0 Å². The van der Waals surface area contributed by atoms with Crippen LogP contribution in [0.15, 0.2) is 0 Å². The van der Waals surface area contributed by atoms with E-state index in [4.69, 9.17) is 0 Å². The lowest BCUT2D eigenvalue weighted by molar-refractivity contribution is 0.146. The van der Waals surface area contributed by atoms with Gasteiger partial charge in [0.2, 0.25) is 0 Å². The van der Waals surface area contributed by atoms with E-state index in [0.29, 0.717) is 0 Å². The highest BCUT2D eigenvalue weighted by Gasteiger charge is 2.30. The second-order valence-electron chi connectivity index (χ2n) is 6.02. The van der Waals surface area contributed by atoms with Crippen molar-refractivity contribution in [2.45, 2.75) is 63.8 Å². The molecule has 3 heteroatoms. The Balaban J connectivity index is 1.73. The number of hydrogen-bond acceptors (Lipinski definition) is 3. The molecular formula is C15H30N2S. The summed E-state index contributed by atoms with van der Waals surface area (Å²) in [5, 5.41) is 4.89. The van der Waals surface area contributed by atoms with Crippen molar-refractivity contribution in [1.29, 1.82) is 0 Å². The van der Waals surface area contributed by atoms with E-state index in [1.807, 2.05) is 0 Å². The highest BCUT2D eigenvalue weighted by atomic mass is 32.2. The van der Waals surface area contributed by atoms with Crippen LogP contribution in [0.1, 0.15) is 46.5 Å². The molecule has 0 aromatic carbocycles. The van der Waals surface area contributed by atoms with Gasteiger partial charge in [-0.1, -0.05) is 20.8 Å². The molecule has 1 aliphatic heterocycles. The summed E-state index contributed by atoms with van der Waals surface area (Å²) in [7, 11) is 0. The molecule has 1 N–H and O–H groups in total. The van der Waals surface area contributed by atoms with E-state index in [9.17, 15) is 0 Å². The molecule has 0 aromatic heterocycles. The normalized spacial score (nSPS) is 38.2. The fourth-order valence-corrected chi connectivity index (χ4v) is 4.69. The standard InChI is InChI=1S/C15H30N2S/c1-4-17-9-8-15(12(3)11-17)16-13-6-7-14(10-13)18-5-2/h12-16H,4-11H2,1-3H3/t12-,13-,14+,15+/m0/s1. The van der Waals surface area contributed by atoms with E-state index < -0.39 is 0 Å². The largest absolute Gasteiger partial charge is 0.311 e. The number of hydrogen-bond donors (Lipinski definition) is 1. The van der Waals surface area contributed by atoms with Crippen LogP contribution in [0, 0.1) is 5.92 Å². The third kappa shape index (κ3) is 3.88. The molecule has 1 saturated carbocycles. The first-order valence-corrected chi connectivity index (χ1v) is 8.87. The molecule has 18 heavy (non-hydrogen) atoms. The monoisotopic (exact) mass is 270 g/mol. The van der Waals surface area contributed by atoms with Gasteiger partial charge >= 0.3 is 0 Å². The van der Waals surface area contributed by atoms with Gasteiger partial charge in [0.15, 0.2) is 0 Å². The molecule has 1 saturated heterocycles. The van der Waals surface area contributed by atoms with Gasteiger partial charge in [0, 0.05) is 23.9 Å². The minimum Gasteiger partial charge on any atom is -0.311 e. The first-order valence-electron chi connectivity index (χ1n) is 7.82. The summed E-state index contributed by atoms with van der Waals surface area (Å²) in [5.41, 5.74) is 0. The Hall–Kier alpha value is 0.270. The predicted molar refractivity (Wildman–Crippen MR) is 82.4 cm³/mol. The maximum Gasteiger partial charge on any atom is 0.0120 e. The van der Waals surface area contributed by atoms with Crippen LogP contribution in [0.5, 0.6) is 0 Å². The third-order valence-electron chi connectivity index (χ3n) is 4.67. The van der Waals surface area contributed by atoms with Crippen LogP contribution < -0.4 is 5.32 Å². The summed E-state index contributed by atoms with van der Waals surface area (Å²) in [6.07, 6.45) is 5.58. The van der Waals surface area contributed by atoms with Crippen LogP contribution in [-0.4, -0.2) is 47.6 Å². The molecule has 0 radical (unpaired) electrons. The van der Waals surface area contributed by atoms with E-state index in [1.54, 1.807) is 0 Å². The number of thioether (sulfide) groups is 1. The van der Waals surface area contributed by atoms with Gasteiger partial charge in [-0.15, -0.1) is 0 Å². The van der Waals surface area contributed by atoms with E-state index in [-0.39, 0.29) is 0 Å². The maximum atomic E-state index is 3.96. The van der Waals surface area contributed by atoms with Crippen molar-refractivity contribution >= 4 is 11.8 Å². The molecule has 0 amide bonds. The molecule has 4 atom stereocenters. The Morgan fingerprint density at radius 3 is 2.72 bits per heavy atom. The second kappa shape index (κ2) is 7.16. The molecule has 2 nitrogen and oxygen atoms in total. The molecule has 0 unspecified atom stereocenters. The Morgan fingerprint density at radius 2 is 2.06 bits per heavy atom. The molecule has 2 fully saturated rings. The van der Waals surface area contributed by atoms with Crippen LogP contribution in [0.25, 0.3) is 0 Å². The zero-order valence-corrected chi connectivity index (χ0v) is 13.1. The minimum atomic E-state index is 0.767. The van der Waals surface area contributed by atoms with Crippen LogP contribution in [0.3, 0.4) is 0 Å². The number of rotatable bonds is 5. The van der Waals surface area contributed by atoms with Crippen LogP contribution >= 0.6 is 11.8 Å². The maximum absolute atomic E-state index is 3.96. The summed E-state index contributed by atoms with van der Waals surface area (Å²) in [6.45, 7) is 10.8. The second-order valence-corrected chi connectivity index (χ2v) is 7.60. The van der Waals surface area contributed by atoms with Gasteiger partial charge in [-0.3, -0.25) is 0 Å². The van der Waals surface area contributed by atoms with Gasteiger partial charge in [-0.05, 0) is 50.4 Å². The van der Waals surface area contributed by atoms with Gasteiger partial charge in [0.05, 0.1) is 0 Å². The van der Waals surface area contributed by atoms with Crippen molar-refractivity contribution in [3.05, 3.63) is 0 Å². The van der Waals surface area contributed by atoms with Gasteiger partial charge < -0.3 is 10.2 Å². The summed E-state index contributed by atoms with van der Waals surface area (Å²) >= 11 is 2.16. The van der Waals surface area contributed by atoms with Crippen molar-refractivity contribution in [3.8, 4) is 0 Å². The first kappa shape index (κ1) is 14.7. The molecule has 106 valence electrons. The molecule has 0 aromatic rings. The summed E-state index contributed by atoms with van der Waals surface area (Å²) in [4.78, 5) is 2.59. The fourth-order valence-electron chi connectivity index (χ4n) is 3.55. The highest BCUT2D eigenvalue weighted by molar-refractivity contribution is 7.99. The van der Waals surface area contributed by atoms with Crippen LogP contribution in [0.4, 0.5) is 0 Å². The molecule has 0 bridgehead atoms. The van der Waals surface area contributed by atoms with Crippen molar-refractivity contribution in [2.24, 2.45) is 5.92 Å². The SMILES string of the molecule is CCS[C@@H]1CC[C@H](N[C@@H]2CCN(CC)C[C@@H]2C)C1. The van der Waals surface area contributed by atoms with E-state index >= 15 is 0 Å². The van der Waals surface area contributed by atoms with Gasteiger partial charge in [0.1, 0.15) is 0 Å². The average Bonchev–Trinajstić information content (AvgIpc) is 2.80. The van der Waals surface area contributed by atoms with Crippen molar-refractivity contribution in [3.63, 3.8) is 0 Å². The van der Waals surface area contributed by atoms with Crippen molar-refractivity contribution in [2.75, 3.05) is 25.4 Å². The first-order chi connectivity index (χ1) is 8.72. The third-order valence-corrected chi connectivity index (χ3v) is 5.91. The summed E-state index contributed by atoms with van der Waals surface area (Å²) < 4.78 is 0. The Morgan fingerprint density at radius 1 is 1.22 bits per heavy atom. The Kier molecular flexibility index (Phi) is 5.84. The number of nitrogens with one attached hydrogen (secondary N) is 1. The quantitative estimate of drug-likeness (QED) is 0.827. The van der Waals surface area contributed by atoms with Crippen LogP contribution in [0.2, 0.25) is 0 Å². The number of nitrogens with zero attached hydrogens (tertiary/aromatic N) is 1. The summed E-state index contributed by atoms with van der Waals surface area (Å²) in [5.74, 6) is 2.10. The fraction of sp³-hybridized carbons (Fsp3) is 1.00. The van der Waals surface area contributed by atoms with E-state index in [1.165, 1.54) is 51.1 Å². The highest BCUT2D eigenvalue weighted by Crippen LogP contribution is 2.31. The molecule has 2 aliphatic rings. The Bertz CT molecular complexity index is 247. The molecule has 0 spiro atoms. The molecule has 2 rings (SSSR count). The number of piperidine rings is 1. The van der Waals surface area contributed by atoms with Crippen molar-refractivity contribution < 1.29 is 0 Å². The smallest absolute Gasteiger partial charge is 0.0120 e. The van der Waals surface area contributed by atoms with Gasteiger partial charge in [-0.25, -0.2) is 0 Å². The average molecular weight is 270 g/mol. The lowest BCUT2D eigenvalue weighted by Gasteiger charge is -2.38. The zero-order valence-electron chi connectivity index (χ0n) is 12.3. The zero-order chi connectivity index (χ0) is 13.0. The van der Waals surface area contributed by atoms with E-state index in [2.05, 4.69) is 42.7 Å². The van der Waals surface area contributed by atoms with Gasteiger partial charge in [0.25, 0.3) is 0 Å².